The van der Waals surface area contributed by atoms with Crippen LogP contribution < -0.4 is 32.3 Å². The molecule has 3 saturated heterocycles. The first-order valence-corrected chi connectivity index (χ1v) is 12.6. The lowest BCUT2D eigenvalue weighted by molar-refractivity contribution is -0.136. The number of carbonyl (C=O) groups excluding carboxylic acids is 2. The van der Waals surface area contributed by atoms with Gasteiger partial charge in [0.15, 0.2) is 5.82 Å². The predicted molar refractivity (Wildman–Crippen MR) is 132 cm³/mol. The Morgan fingerprint density at radius 3 is 2.50 bits per heavy atom. The van der Waals surface area contributed by atoms with E-state index in [-0.39, 0.29) is 36.4 Å². The lowest BCUT2D eigenvalue weighted by atomic mass is 9.99. The second-order valence-corrected chi connectivity index (χ2v) is 9.60. The van der Waals surface area contributed by atoms with Gasteiger partial charge < -0.3 is 26.6 Å². The Morgan fingerprint density at radius 2 is 1.86 bits per heavy atom. The van der Waals surface area contributed by atoms with Gasteiger partial charge in [0.2, 0.25) is 11.8 Å². The molecule has 0 bridgehead atoms. The highest BCUT2D eigenvalue weighted by Crippen LogP contribution is 2.30. The third kappa shape index (κ3) is 5.75. The number of aromatic nitrogens is 1. The second kappa shape index (κ2) is 11.7. The third-order valence-corrected chi connectivity index (χ3v) is 7.29. The van der Waals surface area contributed by atoms with Gasteiger partial charge in [-0.15, -0.1) is 0 Å². The summed E-state index contributed by atoms with van der Waals surface area (Å²) in [7, 11) is 0. The smallest absolute Gasteiger partial charge is 0.240 e. The van der Waals surface area contributed by atoms with Crippen molar-refractivity contribution in [3.05, 3.63) is 18.2 Å². The van der Waals surface area contributed by atoms with Crippen LogP contribution in [0.3, 0.4) is 0 Å². The van der Waals surface area contributed by atoms with Crippen LogP contribution >= 0.6 is 0 Å². The maximum absolute atomic E-state index is 15.0. The molecule has 3 aliphatic heterocycles. The lowest BCUT2D eigenvalue weighted by Gasteiger charge is -2.39. The van der Waals surface area contributed by atoms with Crippen LogP contribution in [0.5, 0.6) is 0 Å². The molecule has 2 unspecified atom stereocenters. The number of carbonyl (C=O) groups is 2. The first kappa shape index (κ1) is 26.6. The normalized spacial score (nSPS) is 26.3. The maximum Gasteiger partial charge on any atom is 0.240 e. The molecule has 4 rings (SSSR count). The molecule has 0 spiro atoms. The summed E-state index contributed by atoms with van der Waals surface area (Å²) in [5.74, 6) is -1.92. The number of likely N-dealkylation sites (tertiary alicyclic amines) is 1. The first-order valence-electron chi connectivity index (χ1n) is 12.6. The van der Waals surface area contributed by atoms with Gasteiger partial charge in [0, 0.05) is 39.3 Å². The van der Waals surface area contributed by atoms with Crippen LogP contribution in [0, 0.1) is 11.7 Å². The average molecular weight is 510 g/mol. The summed E-state index contributed by atoms with van der Waals surface area (Å²) in [6, 6.07) is -0.0823. The topological polar surface area (TPSA) is 145 Å². The zero-order valence-corrected chi connectivity index (χ0v) is 20.6. The number of alkyl halides is 1. The zero-order chi connectivity index (χ0) is 25.8. The van der Waals surface area contributed by atoms with Gasteiger partial charge in [-0.25, -0.2) is 8.78 Å². The molecule has 3 aliphatic rings. The number of piperazine rings is 1. The number of nitrogens with zero attached hydrogens (tertiary/aromatic N) is 4. The molecule has 4 heterocycles. The monoisotopic (exact) mass is 509 g/mol. The van der Waals surface area contributed by atoms with E-state index in [1.54, 1.807) is 0 Å². The van der Waals surface area contributed by atoms with Crippen LogP contribution in [0.2, 0.25) is 0 Å². The van der Waals surface area contributed by atoms with Crippen LogP contribution in [-0.2, 0) is 9.59 Å². The Kier molecular flexibility index (Phi) is 8.67. The summed E-state index contributed by atoms with van der Waals surface area (Å²) in [6.07, 6.45) is 1.61. The maximum atomic E-state index is 15.0. The van der Waals surface area contributed by atoms with Crippen molar-refractivity contribution in [2.75, 3.05) is 62.6 Å². The molecule has 1 aromatic heterocycles. The molecule has 2 atom stereocenters. The molecule has 0 saturated carbocycles. The Morgan fingerprint density at radius 1 is 1.17 bits per heavy atom. The van der Waals surface area contributed by atoms with E-state index in [4.69, 9.17) is 11.5 Å². The number of rotatable bonds is 7. The second-order valence-electron chi connectivity index (χ2n) is 9.60. The lowest BCUT2D eigenvalue weighted by Crippen LogP contribution is -2.64. The molecule has 0 radical (unpaired) electrons. The largest absolute Gasteiger partial charge is 0.364 e. The van der Waals surface area contributed by atoms with Gasteiger partial charge >= 0.3 is 0 Å². The van der Waals surface area contributed by atoms with Gasteiger partial charge in [-0.05, 0) is 25.9 Å². The van der Waals surface area contributed by atoms with Gasteiger partial charge in [-0.2, -0.15) is 0 Å². The number of halogens is 2. The zero-order valence-electron chi connectivity index (χ0n) is 20.6. The van der Waals surface area contributed by atoms with E-state index in [1.807, 2.05) is 9.80 Å². The molecule has 200 valence electrons. The Bertz CT molecular complexity index is 921. The molecule has 7 N–H and O–H groups in total. The fourth-order valence-corrected chi connectivity index (χ4v) is 5.36. The number of likely N-dealkylation sites (N-methyl/N-ethyl adjacent to an activating group) is 1. The summed E-state index contributed by atoms with van der Waals surface area (Å²) in [5.41, 5.74) is 12.2. The SMILES string of the molecule is CCN1CCCC1C(=O)N1CCN(c2c(F)cncc2NC(=O)C(C(N)N)C2NCC(F)CN2)CC1. The van der Waals surface area contributed by atoms with Crippen molar-refractivity contribution in [3.8, 4) is 0 Å². The van der Waals surface area contributed by atoms with Crippen LogP contribution in [0.25, 0.3) is 0 Å². The third-order valence-electron chi connectivity index (χ3n) is 7.29. The standard InChI is InChI=1S/C23H37F2N9O2/c1-2-32-5-3-4-17(32)23(36)34-8-6-33(7-9-34)19-15(25)12-28-13-16(19)31-22(35)18(20(26)27)21-29-10-14(24)11-30-21/h12-14,17-18,20-21,29-30H,2-11,26-27H2,1H3,(H,31,35). The van der Waals surface area contributed by atoms with Gasteiger partial charge in [0.05, 0.1) is 42.4 Å². The number of anilines is 2. The molecule has 13 heteroatoms. The average Bonchev–Trinajstić information content (AvgIpc) is 3.34. The quantitative estimate of drug-likeness (QED) is 0.293. The van der Waals surface area contributed by atoms with Crippen molar-refractivity contribution in [2.24, 2.45) is 17.4 Å². The van der Waals surface area contributed by atoms with Crippen molar-refractivity contribution < 1.29 is 18.4 Å². The summed E-state index contributed by atoms with van der Waals surface area (Å²) in [6.45, 7) is 5.72. The number of pyridine rings is 1. The van der Waals surface area contributed by atoms with E-state index in [9.17, 15) is 18.4 Å². The molecule has 0 aromatic carbocycles. The fourth-order valence-electron chi connectivity index (χ4n) is 5.36. The van der Waals surface area contributed by atoms with Gasteiger partial charge in [0.25, 0.3) is 0 Å². The van der Waals surface area contributed by atoms with Crippen molar-refractivity contribution in [3.63, 3.8) is 0 Å². The molecule has 2 amide bonds. The van der Waals surface area contributed by atoms with Crippen LogP contribution in [-0.4, -0.2) is 104 Å². The van der Waals surface area contributed by atoms with Crippen molar-refractivity contribution >= 4 is 23.2 Å². The minimum atomic E-state index is -1.08. The number of nitrogens with one attached hydrogen (secondary N) is 3. The molecular formula is C23H37F2N9O2. The van der Waals surface area contributed by atoms with Crippen LogP contribution in [0.1, 0.15) is 19.8 Å². The summed E-state index contributed by atoms with van der Waals surface area (Å²) < 4.78 is 28.5. The van der Waals surface area contributed by atoms with E-state index in [2.05, 4.69) is 32.8 Å². The predicted octanol–water partition coefficient (Wildman–Crippen LogP) is -0.991. The Labute approximate surface area is 209 Å². The van der Waals surface area contributed by atoms with Gasteiger partial charge in [0.1, 0.15) is 11.9 Å². The Balaban J connectivity index is 1.43. The highest BCUT2D eigenvalue weighted by atomic mass is 19.1. The molecule has 36 heavy (non-hydrogen) atoms. The van der Waals surface area contributed by atoms with Crippen LogP contribution in [0.15, 0.2) is 12.4 Å². The molecular weight excluding hydrogens is 472 g/mol. The number of nitrogens with two attached hydrogens (primary N) is 2. The van der Waals surface area contributed by atoms with E-state index >= 15 is 0 Å². The summed E-state index contributed by atoms with van der Waals surface area (Å²) in [5, 5.41) is 8.53. The van der Waals surface area contributed by atoms with E-state index in [0.29, 0.717) is 26.2 Å². The highest BCUT2D eigenvalue weighted by Gasteiger charge is 2.37. The van der Waals surface area contributed by atoms with E-state index in [0.717, 1.165) is 32.1 Å². The highest BCUT2D eigenvalue weighted by molar-refractivity contribution is 5.96. The minimum Gasteiger partial charge on any atom is -0.364 e. The molecule has 11 nitrogen and oxygen atoms in total. The molecule has 1 aromatic rings. The van der Waals surface area contributed by atoms with Gasteiger partial charge in [-0.1, -0.05) is 6.92 Å². The summed E-state index contributed by atoms with van der Waals surface area (Å²) in [4.78, 5) is 36.0. The van der Waals surface area contributed by atoms with Gasteiger partial charge in [-0.3, -0.25) is 30.1 Å². The minimum absolute atomic E-state index is 0.0702. The number of hydrogen-bond donors (Lipinski definition) is 5. The number of amides is 2. The molecule has 3 fully saturated rings. The van der Waals surface area contributed by atoms with E-state index < -0.39 is 36.1 Å². The van der Waals surface area contributed by atoms with Crippen LogP contribution in [0.4, 0.5) is 20.2 Å². The summed E-state index contributed by atoms with van der Waals surface area (Å²) >= 11 is 0. The fraction of sp³-hybridized carbons (Fsp3) is 0.696. The van der Waals surface area contributed by atoms with Crippen molar-refractivity contribution in [2.45, 2.75) is 44.3 Å². The number of hydrogen-bond acceptors (Lipinski definition) is 9. The first-order chi connectivity index (χ1) is 17.3. The van der Waals surface area contributed by atoms with E-state index in [1.165, 1.54) is 6.20 Å². The van der Waals surface area contributed by atoms with Crippen molar-refractivity contribution in [1.29, 1.82) is 0 Å². The Hall–Kier alpha value is -2.45. The molecule has 0 aliphatic carbocycles. The van der Waals surface area contributed by atoms with Crippen molar-refractivity contribution in [1.82, 2.24) is 25.4 Å².